The number of benzene rings is 1. The Labute approximate surface area is 114 Å². The van der Waals surface area contributed by atoms with E-state index in [2.05, 4.69) is 70.7 Å². The summed E-state index contributed by atoms with van der Waals surface area (Å²) in [6.07, 6.45) is 4.78. The molecule has 0 saturated carbocycles. The average Bonchev–Trinajstić information content (AvgIpc) is 2.34. The third kappa shape index (κ3) is 3.14. The van der Waals surface area contributed by atoms with Gasteiger partial charge in [0.15, 0.2) is 0 Å². The van der Waals surface area contributed by atoms with Gasteiger partial charge in [-0.25, -0.2) is 0 Å². The number of unbranched alkanes of at least 4 members (excludes halogenated alkanes) is 1. The zero-order valence-corrected chi connectivity index (χ0v) is 13.5. The molecule has 0 spiro atoms. The van der Waals surface area contributed by atoms with Gasteiger partial charge < -0.3 is 0 Å². The molecule has 0 bridgehead atoms. The predicted molar refractivity (Wildman–Crippen MR) is 86.3 cm³/mol. The Morgan fingerprint density at radius 1 is 1.17 bits per heavy atom. The number of allylic oxidation sites excluding steroid dienone is 1. The lowest BCUT2D eigenvalue weighted by molar-refractivity contribution is 0.703. The van der Waals surface area contributed by atoms with Crippen LogP contribution < -0.4 is 5.19 Å². The fraction of sp³-hybridized carbons (Fsp3) is 0.529. The van der Waals surface area contributed by atoms with Crippen molar-refractivity contribution >= 4 is 13.3 Å². The lowest BCUT2D eigenvalue weighted by atomic mass is 10.2. The molecule has 1 unspecified atom stereocenters. The molecule has 0 amide bonds. The molecule has 0 N–H and O–H groups in total. The molecule has 0 aromatic heterocycles. The summed E-state index contributed by atoms with van der Waals surface area (Å²) >= 11 is 0. The lowest BCUT2D eigenvalue weighted by Crippen LogP contribution is -2.54. The standard InChI is InChI=1S/C17H28Si/c1-6-8-15-18(14-7-2,17(3,4)5)16-12-10-9-11-13-16/h7,9-13H,2,6,8,14-15H2,1,3-5H3. The highest BCUT2D eigenvalue weighted by molar-refractivity contribution is 6.94. The molecule has 0 nitrogen and oxygen atoms in total. The molecule has 1 heteroatoms. The topological polar surface area (TPSA) is 0 Å². The first-order chi connectivity index (χ1) is 8.48. The average molecular weight is 260 g/mol. The summed E-state index contributed by atoms with van der Waals surface area (Å²) in [5.74, 6) is 0. The monoisotopic (exact) mass is 260 g/mol. The third-order valence-electron chi connectivity index (χ3n) is 4.21. The summed E-state index contributed by atoms with van der Waals surface area (Å²) in [6.45, 7) is 13.6. The van der Waals surface area contributed by atoms with E-state index < -0.39 is 8.07 Å². The first kappa shape index (κ1) is 15.2. The molecule has 1 atom stereocenters. The molecule has 0 aliphatic heterocycles. The molecule has 0 radical (unpaired) electrons. The van der Waals surface area contributed by atoms with E-state index >= 15 is 0 Å². The fourth-order valence-corrected chi connectivity index (χ4v) is 8.20. The quantitative estimate of drug-likeness (QED) is 0.491. The molecule has 0 fully saturated rings. The highest BCUT2D eigenvalue weighted by Crippen LogP contribution is 2.42. The Bertz CT molecular complexity index is 361. The van der Waals surface area contributed by atoms with Gasteiger partial charge in [-0.15, -0.1) is 6.58 Å². The van der Waals surface area contributed by atoms with Gasteiger partial charge in [0.1, 0.15) is 0 Å². The number of rotatable bonds is 6. The summed E-state index contributed by atoms with van der Waals surface area (Å²) < 4.78 is 0. The van der Waals surface area contributed by atoms with Crippen LogP contribution in [0.1, 0.15) is 40.5 Å². The van der Waals surface area contributed by atoms with Crippen LogP contribution in [0, 0.1) is 0 Å². The van der Waals surface area contributed by atoms with Gasteiger partial charge in [-0.1, -0.05) is 88.2 Å². The second-order valence-electron chi connectivity index (χ2n) is 6.29. The Morgan fingerprint density at radius 2 is 1.78 bits per heavy atom. The minimum Gasteiger partial charge on any atom is -0.103 e. The SMILES string of the molecule is C=CC[Si](CCCC)(c1ccccc1)C(C)(C)C. The van der Waals surface area contributed by atoms with E-state index in [1.54, 1.807) is 5.19 Å². The summed E-state index contributed by atoms with van der Waals surface area (Å²) in [5, 5.41) is 1.99. The summed E-state index contributed by atoms with van der Waals surface area (Å²) in [7, 11) is -1.51. The van der Waals surface area contributed by atoms with E-state index in [1.807, 2.05) is 0 Å². The molecule has 1 aromatic rings. The molecular weight excluding hydrogens is 232 g/mol. The van der Waals surface area contributed by atoms with Crippen LogP contribution in [-0.4, -0.2) is 8.07 Å². The first-order valence-electron chi connectivity index (χ1n) is 7.14. The molecule has 0 aliphatic rings. The Balaban J connectivity index is 3.24. The van der Waals surface area contributed by atoms with E-state index in [9.17, 15) is 0 Å². The van der Waals surface area contributed by atoms with Crippen molar-refractivity contribution in [2.75, 3.05) is 0 Å². The summed E-state index contributed by atoms with van der Waals surface area (Å²) in [5.41, 5.74) is 0. The highest BCUT2D eigenvalue weighted by atomic mass is 28.3. The minimum atomic E-state index is -1.51. The maximum Gasteiger partial charge on any atom is 0.0956 e. The van der Waals surface area contributed by atoms with Crippen LogP contribution in [0.5, 0.6) is 0 Å². The summed E-state index contributed by atoms with van der Waals surface area (Å²) in [4.78, 5) is 0. The van der Waals surface area contributed by atoms with Crippen LogP contribution >= 0.6 is 0 Å². The molecule has 0 saturated heterocycles. The fourth-order valence-electron chi connectivity index (χ4n) is 2.96. The van der Waals surface area contributed by atoms with E-state index in [0.717, 1.165) is 0 Å². The van der Waals surface area contributed by atoms with Gasteiger partial charge in [0.05, 0.1) is 8.07 Å². The van der Waals surface area contributed by atoms with E-state index in [4.69, 9.17) is 0 Å². The van der Waals surface area contributed by atoms with Gasteiger partial charge in [0.2, 0.25) is 0 Å². The molecule has 100 valence electrons. The second kappa shape index (κ2) is 6.37. The van der Waals surface area contributed by atoms with E-state index in [0.29, 0.717) is 5.04 Å². The van der Waals surface area contributed by atoms with E-state index in [1.165, 1.54) is 24.9 Å². The van der Waals surface area contributed by atoms with Crippen molar-refractivity contribution in [2.45, 2.75) is 57.7 Å². The predicted octanol–water partition coefficient (Wildman–Crippen LogP) is 5.13. The Hall–Kier alpha value is -0.823. The highest BCUT2D eigenvalue weighted by Gasteiger charge is 2.43. The van der Waals surface area contributed by atoms with E-state index in [-0.39, 0.29) is 0 Å². The number of hydrogen-bond acceptors (Lipinski definition) is 0. The van der Waals surface area contributed by atoms with Crippen LogP contribution in [-0.2, 0) is 0 Å². The van der Waals surface area contributed by atoms with Crippen molar-refractivity contribution in [1.82, 2.24) is 0 Å². The Morgan fingerprint density at radius 3 is 2.22 bits per heavy atom. The molecule has 0 aliphatic carbocycles. The van der Waals surface area contributed by atoms with Crippen LogP contribution in [0.4, 0.5) is 0 Å². The smallest absolute Gasteiger partial charge is 0.0956 e. The lowest BCUT2D eigenvalue weighted by Gasteiger charge is -2.43. The van der Waals surface area contributed by atoms with Gasteiger partial charge >= 0.3 is 0 Å². The molecular formula is C17H28Si. The summed E-state index contributed by atoms with van der Waals surface area (Å²) in [6, 6.07) is 13.8. The van der Waals surface area contributed by atoms with Gasteiger partial charge in [0, 0.05) is 0 Å². The molecule has 18 heavy (non-hydrogen) atoms. The van der Waals surface area contributed by atoms with Gasteiger partial charge in [-0.05, 0) is 11.1 Å². The second-order valence-corrected chi connectivity index (χ2v) is 11.4. The van der Waals surface area contributed by atoms with Crippen molar-refractivity contribution in [3.05, 3.63) is 43.0 Å². The van der Waals surface area contributed by atoms with Crippen molar-refractivity contribution in [3.8, 4) is 0 Å². The van der Waals surface area contributed by atoms with Gasteiger partial charge in [-0.3, -0.25) is 0 Å². The largest absolute Gasteiger partial charge is 0.103 e. The van der Waals surface area contributed by atoms with Crippen molar-refractivity contribution in [1.29, 1.82) is 0 Å². The van der Waals surface area contributed by atoms with Gasteiger partial charge in [0.25, 0.3) is 0 Å². The maximum atomic E-state index is 4.03. The van der Waals surface area contributed by atoms with Crippen LogP contribution in [0.15, 0.2) is 43.0 Å². The normalized spacial score (nSPS) is 15.1. The minimum absolute atomic E-state index is 0.387. The zero-order chi connectivity index (χ0) is 13.6. The number of hydrogen-bond donors (Lipinski definition) is 0. The third-order valence-corrected chi connectivity index (χ3v) is 10.7. The van der Waals surface area contributed by atoms with Gasteiger partial charge in [-0.2, -0.15) is 0 Å². The zero-order valence-electron chi connectivity index (χ0n) is 12.5. The van der Waals surface area contributed by atoms with Crippen molar-refractivity contribution in [2.24, 2.45) is 0 Å². The molecule has 1 rings (SSSR count). The van der Waals surface area contributed by atoms with Crippen LogP contribution in [0.25, 0.3) is 0 Å². The van der Waals surface area contributed by atoms with Crippen molar-refractivity contribution < 1.29 is 0 Å². The molecule has 0 heterocycles. The maximum absolute atomic E-state index is 4.03. The first-order valence-corrected chi connectivity index (χ1v) is 9.56. The van der Waals surface area contributed by atoms with Crippen LogP contribution in [0.2, 0.25) is 17.1 Å². The molecule has 1 aromatic carbocycles. The van der Waals surface area contributed by atoms with Crippen LogP contribution in [0.3, 0.4) is 0 Å². The Kier molecular flexibility index (Phi) is 5.40. The van der Waals surface area contributed by atoms with Crippen molar-refractivity contribution in [3.63, 3.8) is 0 Å².